The number of hydrogen-bond donors (Lipinski definition) is 2. The van der Waals surface area contributed by atoms with E-state index in [4.69, 9.17) is 4.74 Å². The minimum atomic E-state index is -0.572. The average molecular weight is 394 g/mol. The maximum Gasteiger partial charge on any atom is 0.130 e. The minimum Gasteiger partial charge on any atom is -0.486 e. The second kappa shape index (κ2) is 9.37. The summed E-state index contributed by atoms with van der Waals surface area (Å²) in [5.74, 6) is 0.830. The van der Waals surface area contributed by atoms with E-state index < -0.39 is 6.10 Å². The summed E-state index contributed by atoms with van der Waals surface area (Å²) in [7, 11) is 0. The van der Waals surface area contributed by atoms with Gasteiger partial charge in [-0.15, -0.1) is 11.3 Å². The van der Waals surface area contributed by atoms with Crippen LogP contribution in [-0.4, -0.2) is 29.9 Å². The van der Waals surface area contributed by atoms with Crippen molar-refractivity contribution in [1.82, 2.24) is 5.32 Å². The Bertz CT molecular complexity index is 850. The number of ether oxygens (including phenoxy) is 1. The van der Waals surface area contributed by atoms with Crippen LogP contribution in [0.2, 0.25) is 0 Å². The fourth-order valence-corrected chi connectivity index (χ4v) is 4.45. The molecule has 4 heteroatoms. The molecular weight excluding hydrogens is 366 g/mol. The lowest BCUT2D eigenvalue weighted by Gasteiger charge is -2.29. The molecule has 0 amide bonds. The summed E-state index contributed by atoms with van der Waals surface area (Å²) in [4.78, 5) is 0. The van der Waals surface area contributed by atoms with E-state index in [0.717, 1.165) is 25.0 Å². The van der Waals surface area contributed by atoms with Gasteiger partial charge in [0.25, 0.3) is 0 Å². The zero-order valence-corrected chi connectivity index (χ0v) is 16.8. The molecule has 0 aliphatic heterocycles. The van der Waals surface area contributed by atoms with Gasteiger partial charge in [-0.3, -0.25) is 0 Å². The molecule has 0 fully saturated rings. The van der Waals surface area contributed by atoms with Crippen molar-refractivity contribution < 1.29 is 9.84 Å². The summed E-state index contributed by atoms with van der Waals surface area (Å²) in [6, 6.07) is 21.3. The van der Waals surface area contributed by atoms with Gasteiger partial charge in [0.1, 0.15) is 18.0 Å². The predicted octanol–water partition coefficient (Wildman–Crippen LogP) is 4.25. The molecule has 0 saturated carbocycles. The number of nitrogens with one attached hydrogen (secondary N) is 1. The molecule has 2 aromatic carbocycles. The SMILES string of the molecule is OC(CNC1CCc2ccccc2C1)C(Cc1ccccc1)Oc1ccsc1. The van der Waals surface area contributed by atoms with E-state index in [1.54, 1.807) is 11.3 Å². The Morgan fingerprint density at radius 2 is 1.82 bits per heavy atom. The zero-order valence-electron chi connectivity index (χ0n) is 16.0. The number of thiophene rings is 1. The van der Waals surface area contributed by atoms with Crippen LogP contribution in [0.3, 0.4) is 0 Å². The molecule has 0 bridgehead atoms. The van der Waals surface area contributed by atoms with Gasteiger partial charge in [-0.1, -0.05) is 54.6 Å². The molecule has 0 saturated heterocycles. The summed E-state index contributed by atoms with van der Waals surface area (Å²) >= 11 is 1.61. The fraction of sp³-hybridized carbons (Fsp3) is 0.333. The van der Waals surface area contributed by atoms with Crippen LogP contribution in [-0.2, 0) is 19.3 Å². The number of rotatable bonds is 8. The minimum absolute atomic E-state index is 0.277. The molecule has 3 aromatic rings. The first kappa shape index (κ1) is 19.2. The lowest BCUT2D eigenvalue weighted by molar-refractivity contribution is 0.0351. The van der Waals surface area contributed by atoms with Crippen LogP contribution in [0.4, 0.5) is 0 Å². The van der Waals surface area contributed by atoms with Gasteiger partial charge in [0.05, 0.1) is 0 Å². The van der Waals surface area contributed by atoms with E-state index in [1.807, 2.05) is 35.0 Å². The van der Waals surface area contributed by atoms with Gasteiger partial charge < -0.3 is 15.2 Å². The molecule has 4 rings (SSSR count). The normalized spacial score (nSPS) is 18.2. The van der Waals surface area contributed by atoms with Crippen LogP contribution in [0.1, 0.15) is 23.1 Å². The standard InChI is InChI=1S/C24H27NO2S/c26-23(16-25-21-11-10-19-8-4-5-9-20(19)15-21)24(27-22-12-13-28-17-22)14-18-6-2-1-3-7-18/h1-9,12-13,17,21,23-26H,10-11,14-16H2. The topological polar surface area (TPSA) is 41.5 Å². The van der Waals surface area contributed by atoms with Gasteiger partial charge >= 0.3 is 0 Å². The quantitative estimate of drug-likeness (QED) is 0.601. The Morgan fingerprint density at radius 1 is 1.04 bits per heavy atom. The summed E-state index contributed by atoms with van der Waals surface area (Å²) in [5, 5.41) is 18.5. The number of hydrogen-bond acceptors (Lipinski definition) is 4. The summed E-state index contributed by atoms with van der Waals surface area (Å²) in [6.07, 6.45) is 3.07. The molecule has 0 radical (unpaired) electrons. The summed E-state index contributed by atoms with van der Waals surface area (Å²) < 4.78 is 6.14. The monoisotopic (exact) mass is 393 g/mol. The zero-order chi connectivity index (χ0) is 19.2. The molecular formula is C24H27NO2S. The molecule has 3 unspecified atom stereocenters. The number of aliphatic hydroxyl groups is 1. The molecule has 1 heterocycles. The highest BCUT2D eigenvalue weighted by Crippen LogP contribution is 2.22. The largest absolute Gasteiger partial charge is 0.486 e. The van der Waals surface area contributed by atoms with Crippen LogP contribution in [0, 0.1) is 0 Å². The van der Waals surface area contributed by atoms with Crippen LogP contribution in [0.5, 0.6) is 5.75 Å². The van der Waals surface area contributed by atoms with Crippen molar-refractivity contribution in [3.05, 3.63) is 88.1 Å². The van der Waals surface area contributed by atoms with Crippen molar-refractivity contribution in [2.24, 2.45) is 0 Å². The molecule has 1 aromatic heterocycles. The highest BCUT2D eigenvalue weighted by Gasteiger charge is 2.24. The van der Waals surface area contributed by atoms with Gasteiger partial charge in [0.15, 0.2) is 0 Å². The van der Waals surface area contributed by atoms with Crippen molar-refractivity contribution in [3.63, 3.8) is 0 Å². The van der Waals surface area contributed by atoms with E-state index >= 15 is 0 Å². The van der Waals surface area contributed by atoms with Crippen LogP contribution >= 0.6 is 11.3 Å². The van der Waals surface area contributed by atoms with Gasteiger partial charge in [-0.2, -0.15) is 0 Å². The maximum atomic E-state index is 10.9. The smallest absolute Gasteiger partial charge is 0.130 e. The second-order valence-electron chi connectivity index (χ2n) is 7.49. The van der Waals surface area contributed by atoms with Crippen LogP contribution in [0.15, 0.2) is 71.4 Å². The first-order valence-electron chi connectivity index (χ1n) is 9.99. The van der Waals surface area contributed by atoms with E-state index in [0.29, 0.717) is 19.0 Å². The third kappa shape index (κ3) is 5.02. The summed E-state index contributed by atoms with van der Waals surface area (Å²) in [6.45, 7) is 0.536. The second-order valence-corrected chi connectivity index (χ2v) is 8.27. The number of benzene rings is 2. The fourth-order valence-electron chi connectivity index (χ4n) is 3.89. The van der Waals surface area contributed by atoms with E-state index in [1.165, 1.54) is 16.7 Å². The van der Waals surface area contributed by atoms with E-state index in [2.05, 4.69) is 41.7 Å². The van der Waals surface area contributed by atoms with Gasteiger partial charge in [-0.05, 0) is 47.4 Å². The lowest BCUT2D eigenvalue weighted by Crippen LogP contribution is -2.45. The molecule has 28 heavy (non-hydrogen) atoms. The third-order valence-corrected chi connectivity index (χ3v) is 6.12. The predicted molar refractivity (Wildman–Crippen MR) is 115 cm³/mol. The van der Waals surface area contributed by atoms with Gasteiger partial charge in [0.2, 0.25) is 0 Å². The molecule has 1 aliphatic rings. The molecule has 0 spiro atoms. The number of aliphatic hydroxyl groups excluding tert-OH is 1. The highest BCUT2D eigenvalue weighted by atomic mass is 32.1. The van der Waals surface area contributed by atoms with Crippen molar-refractivity contribution in [1.29, 1.82) is 0 Å². The molecule has 1 aliphatic carbocycles. The maximum absolute atomic E-state index is 10.9. The molecule has 3 atom stereocenters. The van der Waals surface area contributed by atoms with Gasteiger partial charge in [-0.25, -0.2) is 0 Å². The first-order chi connectivity index (χ1) is 13.8. The lowest BCUT2D eigenvalue weighted by atomic mass is 9.88. The van der Waals surface area contributed by atoms with Crippen molar-refractivity contribution in [2.75, 3.05) is 6.54 Å². The average Bonchev–Trinajstić information content (AvgIpc) is 3.25. The Morgan fingerprint density at radius 3 is 2.61 bits per heavy atom. The Hall–Kier alpha value is -2.14. The number of aryl methyl sites for hydroxylation is 1. The van der Waals surface area contributed by atoms with Crippen molar-refractivity contribution in [2.45, 2.75) is 43.9 Å². The van der Waals surface area contributed by atoms with Crippen molar-refractivity contribution >= 4 is 11.3 Å². The van der Waals surface area contributed by atoms with E-state index in [-0.39, 0.29) is 6.10 Å². The number of fused-ring (bicyclic) bond motifs is 1. The third-order valence-electron chi connectivity index (χ3n) is 5.45. The first-order valence-corrected chi connectivity index (χ1v) is 10.9. The Kier molecular flexibility index (Phi) is 6.42. The Balaban J connectivity index is 1.37. The highest BCUT2D eigenvalue weighted by molar-refractivity contribution is 7.08. The van der Waals surface area contributed by atoms with Crippen LogP contribution in [0.25, 0.3) is 0 Å². The van der Waals surface area contributed by atoms with Crippen molar-refractivity contribution in [3.8, 4) is 5.75 Å². The Labute approximate surface area is 171 Å². The van der Waals surface area contributed by atoms with Gasteiger partial charge in [0, 0.05) is 24.4 Å². The molecule has 2 N–H and O–H groups in total. The molecule has 146 valence electrons. The van der Waals surface area contributed by atoms with E-state index in [9.17, 15) is 5.11 Å². The van der Waals surface area contributed by atoms with Crippen LogP contribution < -0.4 is 10.1 Å². The summed E-state index contributed by atoms with van der Waals surface area (Å²) in [5.41, 5.74) is 4.06. The molecule has 3 nitrogen and oxygen atoms in total.